The number of hydrogen-bond donors (Lipinski definition) is 1. The van der Waals surface area contributed by atoms with Crippen LogP contribution in [0.3, 0.4) is 0 Å². The van der Waals surface area contributed by atoms with Gasteiger partial charge >= 0.3 is 0 Å². The average molecular weight is 274 g/mol. The molecule has 5 heteroatoms. The molecule has 0 unspecified atom stereocenters. The molecule has 0 aliphatic carbocycles. The molecule has 0 fully saturated rings. The topological polar surface area (TPSA) is 33.1 Å². The molecular weight excluding hydrogens is 265 g/mol. The molecule has 84 valence electrons. The van der Waals surface area contributed by atoms with Gasteiger partial charge in [-0.15, -0.1) is 11.3 Å². The minimum absolute atomic E-state index is 0.0643. The van der Waals surface area contributed by atoms with Gasteiger partial charge in [0.05, 0.1) is 17.2 Å². The quantitative estimate of drug-likeness (QED) is 0.900. The monoisotopic (exact) mass is 273 g/mol. The average Bonchev–Trinajstić information content (AvgIpc) is 2.63. The van der Waals surface area contributed by atoms with E-state index < -0.39 is 0 Å². The molecule has 2 aromatic rings. The molecule has 0 spiro atoms. The molecule has 0 radical (unpaired) electrons. The van der Waals surface area contributed by atoms with Crippen LogP contribution in [-0.4, -0.2) is 10.1 Å². The highest BCUT2D eigenvalue weighted by Gasteiger charge is 2.12. The molecule has 1 N–H and O–H groups in total. The highest BCUT2D eigenvalue weighted by molar-refractivity contribution is 7.16. The Morgan fingerprint density at radius 1 is 1.38 bits per heavy atom. The minimum Gasteiger partial charge on any atom is -0.391 e. The number of aliphatic hydroxyl groups excluding tert-OH is 1. The number of rotatable bonds is 2. The van der Waals surface area contributed by atoms with E-state index in [1.54, 1.807) is 0 Å². The second kappa shape index (κ2) is 4.72. The van der Waals surface area contributed by atoms with Crippen molar-refractivity contribution in [1.29, 1.82) is 0 Å². The van der Waals surface area contributed by atoms with Gasteiger partial charge in [-0.05, 0) is 18.6 Å². The lowest BCUT2D eigenvalue weighted by Crippen LogP contribution is -1.86. The normalized spacial score (nSPS) is 10.8. The summed E-state index contributed by atoms with van der Waals surface area (Å²) in [5.41, 5.74) is 2.60. The molecule has 1 aromatic carbocycles. The smallest absolute Gasteiger partial charge is 0.184 e. The Kier molecular flexibility index (Phi) is 3.50. The third-order valence-electron chi connectivity index (χ3n) is 2.26. The van der Waals surface area contributed by atoms with Crippen molar-refractivity contribution in [1.82, 2.24) is 4.98 Å². The zero-order valence-corrected chi connectivity index (χ0v) is 10.8. The van der Waals surface area contributed by atoms with Crippen molar-refractivity contribution in [3.63, 3.8) is 0 Å². The van der Waals surface area contributed by atoms with Crippen molar-refractivity contribution in [2.45, 2.75) is 13.5 Å². The predicted octanol–water partition coefficient (Wildman–Crippen LogP) is 3.92. The fourth-order valence-electron chi connectivity index (χ4n) is 1.40. The number of hydrogen-bond acceptors (Lipinski definition) is 3. The zero-order valence-electron chi connectivity index (χ0n) is 8.50. The summed E-state index contributed by atoms with van der Waals surface area (Å²) in [7, 11) is 0. The number of aliphatic hydroxyl groups is 1. The number of nitrogens with zero attached hydrogens (tertiary/aromatic N) is 1. The third kappa shape index (κ3) is 2.23. The third-order valence-corrected chi connectivity index (χ3v) is 3.81. The number of thiazole rings is 1. The summed E-state index contributed by atoms with van der Waals surface area (Å²) in [6, 6.07) is 5.68. The Morgan fingerprint density at radius 3 is 2.75 bits per heavy atom. The number of aromatic nitrogens is 1. The first-order valence-electron chi connectivity index (χ1n) is 4.64. The summed E-state index contributed by atoms with van der Waals surface area (Å²) < 4.78 is 0.427. The SMILES string of the molecule is Cc1ccc(-c2nc(Cl)sc2CO)cc1Cl. The van der Waals surface area contributed by atoms with Crippen molar-refractivity contribution >= 4 is 34.5 Å². The van der Waals surface area contributed by atoms with E-state index in [9.17, 15) is 5.11 Å². The Hall–Kier alpha value is -0.610. The van der Waals surface area contributed by atoms with Gasteiger partial charge in [-0.1, -0.05) is 35.3 Å². The van der Waals surface area contributed by atoms with Crippen molar-refractivity contribution < 1.29 is 5.11 Å². The molecule has 16 heavy (non-hydrogen) atoms. The summed E-state index contributed by atoms with van der Waals surface area (Å²) in [6.07, 6.45) is 0. The van der Waals surface area contributed by atoms with Crippen molar-refractivity contribution in [3.8, 4) is 11.3 Å². The molecule has 2 nitrogen and oxygen atoms in total. The van der Waals surface area contributed by atoms with Gasteiger partial charge in [0.25, 0.3) is 0 Å². The van der Waals surface area contributed by atoms with Crippen molar-refractivity contribution in [2.24, 2.45) is 0 Å². The maximum Gasteiger partial charge on any atom is 0.184 e. The lowest BCUT2D eigenvalue weighted by Gasteiger charge is -2.02. The lowest BCUT2D eigenvalue weighted by molar-refractivity contribution is 0.286. The largest absolute Gasteiger partial charge is 0.391 e. The second-order valence-electron chi connectivity index (χ2n) is 3.36. The Balaban J connectivity index is 2.53. The molecule has 0 bridgehead atoms. The van der Waals surface area contributed by atoms with Crippen molar-refractivity contribution in [3.05, 3.63) is 38.1 Å². The highest BCUT2D eigenvalue weighted by atomic mass is 35.5. The first-order chi connectivity index (χ1) is 7.61. The van der Waals surface area contributed by atoms with Crippen LogP contribution in [0.5, 0.6) is 0 Å². The fraction of sp³-hybridized carbons (Fsp3) is 0.182. The maximum atomic E-state index is 9.20. The van der Waals surface area contributed by atoms with E-state index in [2.05, 4.69) is 4.98 Å². The van der Waals surface area contributed by atoms with E-state index in [4.69, 9.17) is 23.2 Å². The summed E-state index contributed by atoms with van der Waals surface area (Å²) >= 11 is 13.2. The molecule has 0 saturated heterocycles. The van der Waals surface area contributed by atoms with E-state index in [-0.39, 0.29) is 6.61 Å². The van der Waals surface area contributed by atoms with Crippen molar-refractivity contribution in [2.75, 3.05) is 0 Å². The lowest BCUT2D eigenvalue weighted by atomic mass is 10.1. The Labute approximate surface area is 107 Å². The van der Waals surface area contributed by atoms with Crippen LogP contribution in [0.25, 0.3) is 11.3 Å². The summed E-state index contributed by atoms with van der Waals surface area (Å²) in [5.74, 6) is 0. The van der Waals surface area contributed by atoms with Crippen LogP contribution in [-0.2, 0) is 6.61 Å². The number of benzene rings is 1. The van der Waals surface area contributed by atoms with Gasteiger partial charge in [-0.25, -0.2) is 4.98 Å². The summed E-state index contributed by atoms with van der Waals surface area (Å²) in [6.45, 7) is 1.87. The van der Waals surface area contributed by atoms with Crippen LogP contribution in [0.1, 0.15) is 10.4 Å². The molecule has 0 saturated carbocycles. The van der Waals surface area contributed by atoms with Crippen LogP contribution in [0.15, 0.2) is 18.2 Å². The fourth-order valence-corrected chi connectivity index (χ4v) is 2.61. The van der Waals surface area contributed by atoms with Crippen LogP contribution >= 0.6 is 34.5 Å². The standard InChI is InChI=1S/C11H9Cl2NOS/c1-6-2-3-7(4-8(6)12)10-9(5-15)16-11(13)14-10/h2-4,15H,5H2,1H3. The van der Waals surface area contributed by atoms with Crippen LogP contribution < -0.4 is 0 Å². The molecule has 1 heterocycles. The number of halogens is 2. The Bertz CT molecular complexity index is 525. The first kappa shape index (κ1) is 11.9. The predicted molar refractivity (Wildman–Crippen MR) is 68.2 cm³/mol. The molecular formula is C11H9Cl2NOS. The molecule has 0 amide bonds. The second-order valence-corrected chi connectivity index (χ2v) is 5.43. The highest BCUT2D eigenvalue weighted by Crippen LogP contribution is 2.32. The van der Waals surface area contributed by atoms with Gasteiger partial charge in [0.1, 0.15) is 0 Å². The summed E-state index contributed by atoms with van der Waals surface area (Å²) in [4.78, 5) is 4.94. The summed E-state index contributed by atoms with van der Waals surface area (Å²) in [5, 5.41) is 9.88. The zero-order chi connectivity index (χ0) is 11.7. The van der Waals surface area contributed by atoms with E-state index in [1.165, 1.54) is 11.3 Å². The molecule has 0 atom stereocenters. The van der Waals surface area contributed by atoms with Gasteiger partial charge in [-0.3, -0.25) is 0 Å². The van der Waals surface area contributed by atoms with Gasteiger partial charge in [0, 0.05) is 10.6 Å². The number of aryl methyl sites for hydroxylation is 1. The molecule has 1 aromatic heterocycles. The van der Waals surface area contributed by atoms with E-state index in [1.807, 2.05) is 25.1 Å². The van der Waals surface area contributed by atoms with E-state index in [0.29, 0.717) is 15.2 Å². The van der Waals surface area contributed by atoms with E-state index >= 15 is 0 Å². The molecule has 0 aliphatic rings. The maximum absolute atomic E-state index is 9.20. The van der Waals surface area contributed by atoms with Crippen LogP contribution in [0.4, 0.5) is 0 Å². The van der Waals surface area contributed by atoms with Gasteiger partial charge in [0.2, 0.25) is 0 Å². The first-order valence-corrected chi connectivity index (χ1v) is 6.21. The minimum atomic E-state index is -0.0643. The van der Waals surface area contributed by atoms with E-state index in [0.717, 1.165) is 16.0 Å². The van der Waals surface area contributed by atoms with Gasteiger partial charge in [0.15, 0.2) is 4.47 Å². The van der Waals surface area contributed by atoms with Gasteiger partial charge in [-0.2, -0.15) is 0 Å². The molecule has 0 aliphatic heterocycles. The van der Waals surface area contributed by atoms with Gasteiger partial charge < -0.3 is 5.11 Å². The van der Waals surface area contributed by atoms with Crippen LogP contribution in [0.2, 0.25) is 9.49 Å². The van der Waals surface area contributed by atoms with Crippen LogP contribution in [0, 0.1) is 6.92 Å². The molecule has 2 rings (SSSR count). The Morgan fingerprint density at radius 2 is 2.12 bits per heavy atom.